The largest absolute Gasteiger partial charge is 0.460 e. The van der Waals surface area contributed by atoms with Crippen LogP contribution in [0.2, 0.25) is 0 Å². The van der Waals surface area contributed by atoms with Gasteiger partial charge < -0.3 is 20.5 Å². The first-order chi connectivity index (χ1) is 22.8. The van der Waals surface area contributed by atoms with Gasteiger partial charge in [0, 0.05) is 18.9 Å². The number of aliphatic imine (C=N–C) groups is 1. The molecular formula is C34H45Cl3N6O6. The molecule has 15 heteroatoms. The first-order valence-corrected chi connectivity index (χ1v) is 17.1. The Morgan fingerprint density at radius 1 is 1.14 bits per heavy atom. The number of amidine groups is 1. The molecule has 1 fully saturated rings. The fourth-order valence-electron chi connectivity index (χ4n) is 5.03. The fraction of sp³-hybridized carbons (Fsp3) is 0.529. The number of hydrazine groups is 1. The smallest absolute Gasteiger partial charge is 0.325 e. The summed E-state index contributed by atoms with van der Waals surface area (Å²) < 4.78 is 8.57. The minimum atomic E-state index is -1.75. The third-order valence-corrected chi connectivity index (χ3v) is 8.19. The van der Waals surface area contributed by atoms with Crippen LogP contribution in [0.5, 0.6) is 0 Å². The molecule has 0 radical (unpaired) electrons. The van der Waals surface area contributed by atoms with E-state index in [0.29, 0.717) is 25.1 Å². The number of carbonyl (C=O) groups is 4. The minimum Gasteiger partial charge on any atom is -0.460 e. The molecule has 2 amide bonds. The highest BCUT2D eigenvalue weighted by Gasteiger charge is 2.34. The lowest BCUT2D eigenvalue weighted by Crippen LogP contribution is -2.57. The van der Waals surface area contributed by atoms with Crippen LogP contribution in [0.4, 0.5) is 0 Å². The van der Waals surface area contributed by atoms with E-state index in [9.17, 15) is 19.2 Å². The molecule has 268 valence electrons. The Morgan fingerprint density at radius 2 is 1.82 bits per heavy atom. The van der Waals surface area contributed by atoms with E-state index < -0.39 is 51.9 Å². The zero-order valence-corrected chi connectivity index (χ0v) is 31.0. The summed E-state index contributed by atoms with van der Waals surface area (Å²) in [6.07, 6.45) is 4.13. The van der Waals surface area contributed by atoms with Crippen LogP contribution in [0.15, 0.2) is 41.4 Å². The second kappa shape index (κ2) is 17.0. The number of hydrogen-bond donors (Lipinski definition) is 3. The van der Waals surface area contributed by atoms with Crippen molar-refractivity contribution in [3.8, 4) is 0 Å². The van der Waals surface area contributed by atoms with Gasteiger partial charge in [-0.3, -0.25) is 29.2 Å². The molecule has 1 aromatic carbocycles. The summed E-state index contributed by atoms with van der Waals surface area (Å²) in [6, 6.07) is 7.14. The minimum absolute atomic E-state index is 0.0963. The first-order valence-electron chi connectivity index (χ1n) is 16.0. The number of fused-ring (bicyclic) bond motifs is 1. The number of nitrogens with zero attached hydrogens (tertiary/aromatic N) is 3. The average Bonchev–Trinajstić information content (AvgIpc) is 3.03. The Balaban J connectivity index is 1.68. The summed E-state index contributed by atoms with van der Waals surface area (Å²) >= 11 is 17.0. The van der Waals surface area contributed by atoms with Crippen molar-refractivity contribution in [2.75, 3.05) is 13.2 Å². The SMILES string of the molecule is CC(=O)O[C@H](C)c1ccc2ccc(/C=C/C(C)(C)C(=O)N[C@H](C(N)=N[C@@H](C)C(=O)N3CCCC(C(=O)OCC(Cl)(Cl)Cl)N3)C(C)C)cc2n1. The molecule has 1 saturated heterocycles. The van der Waals surface area contributed by atoms with E-state index in [2.05, 4.69) is 20.7 Å². The molecule has 4 atom stereocenters. The maximum Gasteiger partial charge on any atom is 0.325 e. The van der Waals surface area contributed by atoms with E-state index in [1.165, 1.54) is 11.9 Å². The number of halogens is 3. The number of alkyl halides is 3. The molecule has 1 aromatic heterocycles. The van der Waals surface area contributed by atoms with Gasteiger partial charge in [0.15, 0.2) is 0 Å². The van der Waals surface area contributed by atoms with Crippen molar-refractivity contribution in [1.82, 2.24) is 20.7 Å². The third-order valence-electron chi connectivity index (χ3n) is 7.86. The predicted molar refractivity (Wildman–Crippen MR) is 192 cm³/mol. The molecular weight excluding hydrogens is 695 g/mol. The molecule has 49 heavy (non-hydrogen) atoms. The molecule has 1 aliphatic rings. The van der Waals surface area contributed by atoms with E-state index in [0.717, 1.165) is 16.5 Å². The van der Waals surface area contributed by atoms with E-state index in [4.69, 9.17) is 50.0 Å². The van der Waals surface area contributed by atoms with Crippen molar-refractivity contribution in [1.29, 1.82) is 0 Å². The number of aromatic nitrogens is 1. The van der Waals surface area contributed by atoms with Crippen molar-refractivity contribution in [2.24, 2.45) is 22.1 Å². The van der Waals surface area contributed by atoms with Gasteiger partial charge in [-0.25, -0.2) is 10.4 Å². The monoisotopic (exact) mass is 738 g/mol. The van der Waals surface area contributed by atoms with Crippen LogP contribution in [0, 0.1) is 11.3 Å². The van der Waals surface area contributed by atoms with Crippen LogP contribution in [0.3, 0.4) is 0 Å². The molecule has 0 saturated carbocycles. The molecule has 0 bridgehead atoms. The molecule has 3 rings (SSSR count). The molecule has 0 spiro atoms. The van der Waals surface area contributed by atoms with Crippen LogP contribution in [0.1, 0.15) is 78.7 Å². The van der Waals surface area contributed by atoms with E-state index in [-0.39, 0.29) is 23.6 Å². The summed E-state index contributed by atoms with van der Waals surface area (Å²) in [4.78, 5) is 59.7. The van der Waals surface area contributed by atoms with Gasteiger partial charge in [0.05, 0.1) is 22.7 Å². The van der Waals surface area contributed by atoms with Gasteiger partial charge in [-0.15, -0.1) is 0 Å². The summed E-state index contributed by atoms with van der Waals surface area (Å²) in [5.41, 5.74) is 10.5. The number of nitrogens with one attached hydrogen (secondary N) is 2. The van der Waals surface area contributed by atoms with Crippen LogP contribution < -0.4 is 16.5 Å². The topological polar surface area (TPSA) is 165 Å². The Bertz CT molecular complexity index is 1590. The van der Waals surface area contributed by atoms with Gasteiger partial charge in [0.2, 0.25) is 9.70 Å². The lowest BCUT2D eigenvalue weighted by atomic mass is 9.89. The molecule has 12 nitrogen and oxygen atoms in total. The summed E-state index contributed by atoms with van der Waals surface area (Å²) in [7, 11) is 0. The average molecular weight is 740 g/mol. The quantitative estimate of drug-likeness (QED) is 0.115. The number of carbonyl (C=O) groups excluding carboxylic acids is 4. The Hall–Kier alpha value is -3.45. The van der Waals surface area contributed by atoms with Gasteiger partial charge >= 0.3 is 11.9 Å². The van der Waals surface area contributed by atoms with Crippen LogP contribution >= 0.6 is 34.8 Å². The highest BCUT2D eigenvalue weighted by molar-refractivity contribution is 6.67. The lowest BCUT2D eigenvalue weighted by Gasteiger charge is -2.34. The van der Waals surface area contributed by atoms with Crippen LogP contribution in [0.25, 0.3) is 17.0 Å². The standard InChI is InChI=1S/C34H45Cl3N6O6/c1-19(2)28(29(38)39-20(3)30(45)43-16-8-9-26(42-43)31(46)48-18-34(35,36)37)41-32(47)33(6,7)15-14-23-10-11-24-12-13-25(40-27(24)17-23)21(4)49-22(5)44/h10-15,17,19-21,26,28,42H,8-9,16,18H2,1-7H3,(H2,38,39)(H,41,47)/b15-14+/t20-,21+,26?,28-/m0/s1. The second-order valence-electron chi connectivity index (χ2n) is 13.0. The van der Waals surface area contributed by atoms with Crippen LogP contribution in [-0.2, 0) is 28.7 Å². The number of rotatable bonds is 12. The first kappa shape index (κ1) is 40.0. The van der Waals surface area contributed by atoms with Crippen molar-refractivity contribution in [3.05, 3.63) is 47.7 Å². The van der Waals surface area contributed by atoms with E-state index >= 15 is 0 Å². The number of esters is 2. The molecule has 2 aromatic rings. The highest BCUT2D eigenvalue weighted by atomic mass is 35.6. The normalized spacial score (nSPS) is 17.9. The maximum absolute atomic E-state index is 13.5. The number of nitrogens with two attached hydrogens (primary N) is 1. The summed E-state index contributed by atoms with van der Waals surface area (Å²) in [5.74, 6) is -1.76. The van der Waals surface area contributed by atoms with Gasteiger partial charge in [-0.2, -0.15) is 0 Å². The summed E-state index contributed by atoms with van der Waals surface area (Å²) in [5, 5.41) is 5.23. The van der Waals surface area contributed by atoms with Crippen molar-refractivity contribution in [3.63, 3.8) is 0 Å². The zero-order valence-electron chi connectivity index (χ0n) is 28.8. The molecule has 0 aliphatic carbocycles. The lowest BCUT2D eigenvalue weighted by molar-refractivity contribution is -0.152. The van der Waals surface area contributed by atoms with Crippen molar-refractivity contribution >= 4 is 81.4 Å². The van der Waals surface area contributed by atoms with Gasteiger partial charge in [-0.1, -0.05) is 79.0 Å². The summed E-state index contributed by atoms with van der Waals surface area (Å²) in [6.45, 7) is 12.0. The highest BCUT2D eigenvalue weighted by Crippen LogP contribution is 2.27. The van der Waals surface area contributed by atoms with Crippen LogP contribution in [-0.4, -0.2) is 74.7 Å². The Morgan fingerprint density at radius 3 is 2.45 bits per heavy atom. The van der Waals surface area contributed by atoms with E-state index in [1.807, 2.05) is 50.3 Å². The molecule has 1 aliphatic heterocycles. The van der Waals surface area contributed by atoms with Gasteiger partial charge in [0.25, 0.3) is 5.91 Å². The maximum atomic E-state index is 13.5. The zero-order chi connectivity index (χ0) is 36.7. The molecule has 4 N–H and O–H groups in total. The third kappa shape index (κ3) is 11.8. The number of benzene rings is 1. The molecule has 1 unspecified atom stereocenters. The van der Waals surface area contributed by atoms with Crippen molar-refractivity contribution in [2.45, 2.75) is 89.3 Å². The number of hydrogen-bond acceptors (Lipinski definition) is 9. The number of amides is 2. The van der Waals surface area contributed by atoms with Crippen molar-refractivity contribution < 1.29 is 28.7 Å². The Labute approximate surface area is 302 Å². The van der Waals surface area contributed by atoms with Gasteiger partial charge in [0.1, 0.15) is 30.6 Å². The molecule has 2 heterocycles. The predicted octanol–water partition coefficient (Wildman–Crippen LogP) is 5.19. The fourth-order valence-corrected chi connectivity index (χ4v) is 5.20. The number of pyridine rings is 1. The van der Waals surface area contributed by atoms with E-state index in [1.54, 1.807) is 33.8 Å². The second-order valence-corrected chi connectivity index (χ2v) is 15.5. The van der Waals surface area contributed by atoms with Gasteiger partial charge in [-0.05, 0) is 64.2 Å². The Kier molecular flexibility index (Phi) is 13.9. The number of ether oxygens (including phenoxy) is 2.